The topological polar surface area (TPSA) is 92.8 Å². The van der Waals surface area contributed by atoms with E-state index in [2.05, 4.69) is 17.1 Å². The zero-order chi connectivity index (χ0) is 25.3. The Labute approximate surface area is 211 Å². The third kappa shape index (κ3) is 5.59. The van der Waals surface area contributed by atoms with Crippen LogP contribution in [-0.2, 0) is 0 Å². The number of pyridine rings is 1. The average molecular weight is 482 g/mol. The minimum Gasteiger partial charge on any atom is -0.491 e. The maximum atomic E-state index is 11.4. The van der Waals surface area contributed by atoms with Crippen molar-refractivity contribution in [2.24, 2.45) is 11.0 Å². The summed E-state index contributed by atoms with van der Waals surface area (Å²) >= 11 is 0. The van der Waals surface area contributed by atoms with Gasteiger partial charge in [0.1, 0.15) is 18.4 Å². The quantitative estimate of drug-likeness (QED) is 0.119. The van der Waals surface area contributed by atoms with Crippen molar-refractivity contribution in [2.75, 3.05) is 31.3 Å². The molecule has 0 aliphatic heterocycles. The first-order valence-electron chi connectivity index (χ1n) is 12.0. The smallest absolute Gasteiger partial charge is 0.138 e. The standard InChI is InChI=1S/C29H31N5O2/c1-3-10-24-26(4-2)32-27-15-8-7-14-25(27)29(24)34(30)18-17-31-19-22(33-35)20-36-28-16-9-12-21-11-5-6-13-23(21)28/h3-16,22,31H,2,17-20,30H2,1H3/b10-3-. The molecular weight excluding hydrogens is 450 g/mol. The molecule has 7 nitrogen and oxygen atoms in total. The van der Waals surface area contributed by atoms with Crippen LogP contribution in [0.4, 0.5) is 5.69 Å². The number of aromatic nitrogens is 1. The first-order valence-corrected chi connectivity index (χ1v) is 12.0. The molecule has 0 amide bonds. The second-order valence-corrected chi connectivity index (χ2v) is 8.43. The molecule has 0 spiro atoms. The number of nitrogens with two attached hydrogens (primary N) is 1. The number of hydrazine groups is 1. The summed E-state index contributed by atoms with van der Waals surface area (Å²) in [4.78, 5) is 16.2. The average Bonchev–Trinajstić information content (AvgIpc) is 2.92. The van der Waals surface area contributed by atoms with E-state index in [-0.39, 0.29) is 6.61 Å². The third-order valence-corrected chi connectivity index (χ3v) is 5.98. The van der Waals surface area contributed by atoms with E-state index >= 15 is 0 Å². The fraction of sp³-hybridized carbons (Fsp3) is 0.207. The summed E-state index contributed by atoms with van der Waals surface area (Å²) in [5.41, 5.74) is 3.44. The summed E-state index contributed by atoms with van der Waals surface area (Å²) < 4.78 is 5.94. The fourth-order valence-corrected chi connectivity index (χ4v) is 4.24. The summed E-state index contributed by atoms with van der Waals surface area (Å²) in [6.45, 7) is 7.54. The molecule has 4 aromatic rings. The van der Waals surface area contributed by atoms with E-state index in [1.165, 1.54) is 0 Å². The highest BCUT2D eigenvalue weighted by atomic mass is 16.5. The van der Waals surface area contributed by atoms with Gasteiger partial charge in [-0.05, 0) is 30.5 Å². The van der Waals surface area contributed by atoms with Crippen molar-refractivity contribution >= 4 is 39.5 Å². The van der Waals surface area contributed by atoms with Gasteiger partial charge in [-0.25, -0.2) is 10.8 Å². The molecule has 3 N–H and O–H groups in total. The predicted octanol–water partition coefficient (Wildman–Crippen LogP) is 5.55. The summed E-state index contributed by atoms with van der Waals surface area (Å²) in [5, 5.41) is 11.3. The van der Waals surface area contributed by atoms with Crippen LogP contribution >= 0.6 is 0 Å². The number of rotatable bonds is 12. The number of hydrogen-bond donors (Lipinski definition) is 2. The molecule has 0 bridgehead atoms. The lowest BCUT2D eigenvalue weighted by molar-refractivity contribution is 0.288. The second kappa shape index (κ2) is 12.1. The predicted molar refractivity (Wildman–Crippen MR) is 150 cm³/mol. The Morgan fingerprint density at radius 2 is 1.86 bits per heavy atom. The van der Waals surface area contributed by atoms with E-state index in [4.69, 9.17) is 15.6 Å². The van der Waals surface area contributed by atoms with Gasteiger partial charge in [-0.15, -0.1) is 0 Å². The van der Waals surface area contributed by atoms with Crippen LogP contribution < -0.4 is 20.9 Å². The normalized spacial score (nSPS) is 12.2. The molecular formula is C29H31N5O2. The second-order valence-electron chi connectivity index (χ2n) is 8.43. The van der Waals surface area contributed by atoms with Crippen molar-refractivity contribution in [1.82, 2.24) is 10.3 Å². The van der Waals surface area contributed by atoms with Crippen LogP contribution in [0, 0.1) is 4.91 Å². The van der Waals surface area contributed by atoms with E-state index in [0.717, 1.165) is 44.4 Å². The molecule has 7 heteroatoms. The van der Waals surface area contributed by atoms with Crippen molar-refractivity contribution < 1.29 is 4.74 Å². The number of hydrogen-bond acceptors (Lipinski definition) is 7. The number of para-hydroxylation sites is 1. The number of fused-ring (bicyclic) bond motifs is 2. The molecule has 0 aliphatic carbocycles. The van der Waals surface area contributed by atoms with Gasteiger partial charge in [0.15, 0.2) is 0 Å². The lowest BCUT2D eigenvalue weighted by atomic mass is 10.0. The van der Waals surface area contributed by atoms with Crippen LogP contribution in [0.1, 0.15) is 18.2 Å². The summed E-state index contributed by atoms with van der Waals surface area (Å²) in [6.07, 6.45) is 5.70. The van der Waals surface area contributed by atoms with Crippen molar-refractivity contribution in [2.45, 2.75) is 13.0 Å². The summed E-state index contributed by atoms with van der Waals surface area (Å²) in [7, 11) is 0. The molecule has 36 heavy (non-hydrogen) atoms. The van der Waals surface area contributed by atoms with E-state index in [0.29, 0.717) is 19.6 Å². The highest BCUT2D eigenvalue weighted by Gasteiger charge is 2.16. The van der Waals surface area contributed by atoms with Gasteiger partial charge in [-0.2, -0.15) is 4.91 Å². The van der Waals surface area contributed by atoms with E-state index in [9.17, 15) is 4.91 Å². The van der Waals surface area contributed by atoms with E-state index < -0.39 is 6.04 Å². The van der Waals surface area contributed by atoms with Gasteiger partial charge in [0.25, 0.3) is 0 Å². The fourth-order valence-electron chi connectivity index (χ4n) is 4.24. The molecule has 0 aliphatic rings. The highest BCUT2D eigenvalue weighted by molar-refractivity contribution is 5.98. The van der Waals surface area contributed by atoms with Crippen LogP contribution in [0.5, 0.6) is 5.75 Å². The monoisotopic (exact) mass is 481 g/mol. The molecule has 4 rings (SSSR count). The van der Waals surface area contributed by atoms with Gasteiger partial charge in [0, 0.05) is 36.0 Å². The molecule has 3 aromatic carbocycles. The molecule has 0 saturated heterocycles. The van der Waals surface area contributed by atoms with Crippen LogP contribution in [0.3, 0.4) is 0 Å². The van der Waals surface area contributed by atoms with Crippen LogP contribution in [-0.4, -0.2) is 37.3 Å². The number of allylic oxidation sites excluding steroid dienone is 1. The third-order valence-electron chi connectivity index (χ3n) is 5.98. The maximum absolute atomic E-state index is 11.4. The van der Waals surface area contributed by atoms with Gasteiger partial charge in [-0.1, -0.05) is 78.5 Å². The first-order chi connectivity index (χ1) is 17.7. The lowest BCUT2D eigenvalue weighted by Gasteiger charge is -2.24. The summed E-state index contributed by atoms with van der Waals surface area (Å²) in [6, 6.07) is 21.3. The first kappa shape index (κ1) is 25.0. The van der Waals surface area contributed by atoms with Gasteiger partial charge in [-0.3, -0.25) is 0 Å². The molecule has 0 fully saturated rings. The Kier molecular flexibility index (Phi) is 8.39. The minimum atomic E-state index is -0.525. The zero-order valence-corrected chi connectivity index (χ0v) is 20.4. The lowest BCUT2D eigenvalue weighted by Crippen LogP contribution is -2.40. The summed E-state index contributed by atoms with van der Waals surface area (Å²) in [5.74, 6) is 7.28. The Morgan fingerprint density at radius 1 is 1.11 bits per heavy atom. The Bertz CT molecular complexity index is 1380. The molecule has 184 valence electrons. The van der Waals surface area contributed by atoms with Crippen LogP contribution in [0.15, 0.2) is 84.6 Å². The van der Waals surface area contributed by atoms with Crippen molar-refractivity contribution in [1.29, 1.82) is 0 Å². The van der Waals surface area contributed by atoms with Gasteiger partial charge >= 0.3 is 0 Å². The van der Waals surface area contributed by atoms with Gasteiger partial charge < -0.3 is 15.1 Å². The Hall–Kier alpha value is -4.07. The molecule has 1 unspecified atom stereocenters. The molecule has 1 atom stereocenters. The highest BCUT2D eigenvalue weighted by Crippen LogP contribution is 2.32. The zero-order valence-electron chi connectivity index (χ0n) is 20.4. The number of ether oxygens (including phenoxy) is 1. The molecule has 1 heterocycles. The molecule has 1 aromatic heterocycles. The SMILES string of the molecule is C=Cc1nc2ccccc2c(N(N)CCNCC(COc2cccc3ccccc23)N=O)c1/C=C\C. The number of benzene rings is 3. The van der Waals surface area contributed by atoms with Crippen LogP contribution in [0.25, 0.3) is 33.8 Å². The largest absolute Gasteiger partial charge is 0.491 e. The number of nitrogens with one attached hydrogen (secondary N) is 1. The number of nitrogens with zero attached hydrogens (tertiary/aromatic N) is 3. The van der Waals surface area contributed by atoms with Gasteiger partial charge in [0.2, 0.25) is 0 Å². The van der Waals surface area contributed by atoms with Crippen molar-refractivity contribution in [3.63, 3.8) is 0 Å². The van der Waals surface area contributed by atoms with E-state index in [1.54, 1.807) is 11.1 Å². The number of nitroso groups, excluding NO2 is 1. The van der Waals surface area contributed by atoms with Crippen LogP contribution in [0.2, 0.25) is 0 Å². The van der Waals surface area contributed by atoms with E-state index in [1.807, 2.05) is 85.8 Å². The maximum Gasteiger partial charge on any atom is 0.138 e. The van der Waals surface area contributed by atoms with Crippen molar-refractivity contribution in [3.05, 3.63) is 95.5 Å². The minimum absolute atomic E-state index is 0.194. The number of anilines is 1. The molecule has 0 saturated carbocycles. The molecule has 0 radical (unpaired) electrons. The Balaban J connectivity index is 1.38. The van der Waals surface area contributed by atoms with Crippen molar-refractivity contribution in [3.8, 4) is 5.75 Å². The Morgan fingerprint density at radius 3 is 2.64 bits per heavy atom. The van der Waals surface area contributed by atoms with Gasteiger partial charge in [0.05, 0.1) is 16.9 Å².